The Bertz CT molecular complexity index is 659. The van der Waals surface area contributed by atoms with E-state index in [9.17, 15) is 26.4 Å². The van der Waals surface area contributed by atoms with Crippen molar-refractivity contribution in [2.45, 2.75) is 42.1 Å². The lowest BCUT2D eigenvalue weighted by atomic mass is 9.85. The van der Waals surface area contributed by atoms with Gasteiger partial charge in [-0.1, -0.05) is 12.5 Å². The molecule has 0 bridgehead atoms. The largest absolute Gasteiger partial charge is 0.391 e. The highest BCUT2D eigenvalue weighted by Gasteiger charge is 2.42. The van der Waals surface area contributed by atoms with Crippen LogP contribution in [0.1, 0.15) is 25.7 Å². The van der Waals surface area contributed by atoms with Crippen LogP contribution in [0.3, 0.4) is 0 Å². The van der Waals surface area contributed by atoms with Crippen molar-refractivity contribution in [1.29, 1.82) is 0 Å². The van der Waals surface area contributed by atoms with Crippen molar-refractivity contribution in [1.82, 2.24) is 9.62 Å². The van der Waals surface area contributed by atoms with Crippen LogP contribution in [0.4, 0.5) is 13.2 Å². The summed E-state index contributed by atoms with van der Waals surface area (Å²) in [5.41, 5.74) is 0. The second kappa shape index (κ2) is 7.40. The lowest BCUT2D eigenvalue weighted by molar-refractivity contribution is -0.184. The molecule has 1 saturated carbocycles. The van der Waals surface area contributed by atoms with E-state index in [0.29, 0.717) is 12.8 Å². The number of carbonyl (C=O) groups excluding carboxylic acids is 1. The van der Waals surface area contributed by atoms with Crippen LogP contribution in [0.2, 0.25) is 0 Å². The van der Waals surface area contributed by atoms with Crippen molar-refractivity contribution >= 4 is 27.3 Å². The first kappa shape index (κ1) is 19.2. The SMILES string of the molecule is CN(CC(=O)N[C@H]1CCC[C@H](C(F)(F)F)C1)S(=O)(=O)c1cccs1. The summed E-state index contributed by atoms with van der Waals surface area (Å²) in [7, 11) is -2.48. The minimum Gasteiger partial charge on any atom is -0.352 e. The molecule has 0 radical (unpaired) electrons. The molecule has 2 atom stereocenters. The summed E-state index contributed by atoms with van der Waals surface area (Å²) in [6.07, 6.45) is -3.49. The molecule has 136 valence electrons. The molecule has 0 aromatic carbocycles. The van der Waals surface area contributed by atoms with Crippen LogP contribution in [0, 0.1) is 5.92 Å². The minimum atomic E-state index is -4.26. The van der Waals surface area contributed by atoms with E-state index < -0.39 is 40.6 Å². The number of rotatable bonds is 5. The van der Waals surface area contributed by atoms with Gasteiger partial charge in [0.2, 0.25) is 5.91 Å². The van der Waals surface area contributed by atoms with Crippen LogP contribution in [0.15, 0.2) is 21.7 Å². The van der Waals surface area contributed by atoms with Gasteiger partial charge in [-0.3, -0.25) is 4.79 Å². The van der Waals surface area contributed by atoms with Crippen LogP contribution in [0.25, 0.3) is 0 Å². The maximum atomic E-state index is 12.8. The molecule has 10 heteroatoms. The van der Waals surface area contributed by atoms with E-state index in [4.69, 9.17) is 0 Å². The number of carbonyl (C=O) groups is 1. The third-order valence-electron chi connectivity index (χ3n) is 4.03. The molecule has 0 aliphatic heterocycles. The number of halogens is 3. The van der Waals surface area contributed by atoms with Gasteiger partial charge >= 0.3 is 6.18 Å². The quantitative estimate of drug-likeness (QED) is 0.849. The normalized spacial score (nSPS) is 22.5. The number of amides is 1. The molecule has 2 rings (SSSR count). The number of sulfonamides is 1. The number of nitrogens with one attached hydrogen (secondary N) is 1. The summed E-state index contributed by atoms with van der Waals surface area (Å²) in [4.78, 5) is 12.0. The number of hydrogen-bond acceptors (Lipinski definition) is 4. The first-order valence-corrected chi connectivity index (χ1v) is 9.78. The van der Waals surface area contributed by atoms with E-state index in [1.165, 1.54) is 13.1 Å². The van der Waals surface area contributed by atoms with E-state index in [0.717, 1.165) is 15.6 Å². The molecule has 1 aromatic heterocycles. The Morgan fingerprint density at radius 1 is 1.42 bits per heavy atom. The summed E-state index contributed by atoms with van der Waals surface area (Å²) < 4.78 is 63.8. The van der Waals surface area contributed by atoms with Gasteiger partial charge in [0, 0.05) is 13.1 Å². The van der Waals surface area contributed by atoms with E-state index >= 15 is 0 Å². The maximum Gasteiger partial charge on any atom is 0.391 e. The average molecular weight is 384 g/mol. The maximum absolute atomic E-state index is 12.8. The zero-order valence-corrected chi connectivity index (χ0v) is 14.7. The van der Waals surface area contributed by atoms with Gasteiger partial charge in [-0.05, 0) is 30.7 Å². The second-order valence-electron chi connectivity index (χ2n) is 5.86. The van der Waals surface area contributed by atoms with E-state index in [1.807, 2.05) is 0 Å². The van der Waals surface area contributed by atoms with Crippen molar-refractivity contribution in [3.8, 4) is 0 Å². The van der Waals surface area contributed by atoms with Gasteiger partial charge in [0.15, 0.2) is 0 Å². The van der Waals surface area contributed by atoms with E-state index in [1.54, 1.807) is 11.4 Å². The number of likely N-dealkylation sites (N-methyl/N-ethyl adjacent to an activating group) is 1. The Balaban J connectivity index is 1.91. The monoisotopic (exact) mass is 384 g/mol. The summed E-state index contributed by atoms with van der Waals surface area (Å²) in [6.45, 7) is -0.423. The first-order valence-electron chi connectivity index (χ1n) is 7.46. The fraction of sp³-hybridized carbons (Fsp3) is 0.643. The molecule has 1 aromatic rings. The zero-order chi connectivity index (χ0) is 18.0. The number of thiophene rings is 1. The molecule has 5 nitrogen and oxygen atoms in total. The van der Waals surface area contributed by atoms with Crippen LogP contribution in [-0.2, 0) is 14.8 Å². The molecule has 1 heterocycles. The van der Waals surface area contributed by atoms with Crippen molar-refractivity contribution in [3.63, 3.8) is 0 Å². The molecule has 0 spiro atoms. The molecule has 0 unspecified atom stereocenters. The number of alkyl halides is 3. The first-order chi connectivity index (χ1) is 11.1. The predicted molar refractivity (Wildman–Crippen MR) is 84.1 cm³/mol. The van der Waals surface area contributed by atoms with Crippen LogP contribution < -0.4 is 5.32 Å². The van der Waals surface area contributed by atoms with Gasteiger partial charge < -0.3 is 5.32 Å². The van der Waals surface area contributed by atoms with Gasteiger partial charge in [-0.15, -0.1) is 11.3 Å². The third kappa shape index (κ3) is 4.70. The van der Waals surface area contributed by atoms with E-state index in [-0.39, 0.29) is 17.1 Å². The topological polar surface area (TPSA) is 66.5 Å². The molecule has 1 N–H and O–H groups in total. The molecule has 24 heavy (non-hydrogen) atoms. The van der Waals surface area contributed by atoms with Gasteiger partial charge in [0.25, 0.3) is 10.0 Å². The highest BCUT2D eigenvalue weighted by molar-refractivity contribution is 7.91. The fourth-order valence-electron chi connectivity index (χ4n) is 2.74. The Hall–Kier alpha value is -1.13. The van der Waals surface area contributed by atoms with Gasteiger partial charge in [-0.25, -0.2) is 8.42 Å². The molecule has 0 saturated heterocycles. The average Bonchev–Trinajstić information content (AvgIpc) is 3.01. The standard InChI is InChI=1S/C14H19F3N2O3S2/c1-19(24(21,22)13-6-3-7-23-13)9-12(20)18-11-5-2-4-10(8-11)14(15,16)17/h3,6-7,10-11H,2,4-5,8-9H2,1H3,(H,18,20)/t10-,11-/m0/s1. The van der Waals surface area contributed by atoms with Gasteiger partial charge in [0.05, 0.1) is 12.5 Å². The van der Waals surface area contributed by atoms with Crippen LogP contribution in [0.5, 0.6) is 0 Å². The molecule has 1 amide bonds. The summed E-state index contributed by atoms with van der Waals surface area (Å²) in [5.74, 6) is -2.01. The van der Waals surface area contributed by atoms with Crippen LogP contribution >= 0.6 is 11.3 Å². The Morgan fingerprint density at radius 3 is 2.71 bits per heavy atom. The third-order valence-corrected chi connectivity index (χ3v) is 7.20. The predicted octanol–water partition coefficient (Wildman–Crippen LogP) is 2.61. The molecule has 1 aliphatic carbocycles. The molecule has 1 aliphatic rings. The smallest absolute Gasteiger partial charge is 0.352 e. The summed E-state index contributed by atoms with van der Waals surface area (Å²) in [6, 6.07) is 2.45. The molecule has 1 fully saturated rings. The van der Waals surface area contributed by atoms with Crippen molar-refractivity contribution in [3.05, 3.63) is 17.5 Å². The highest BCUT2D eigenvalue weighted by atomic mass is 32.2. The van der Waals surface area contributed by atoms with Gasteiger partial charge in [0.1, 0.15) is 4.21 Å². The van der Waals surface area contributed by atoms with Crippen molar-refractivity contribution in [2.24, 2.45) is 5.92 Å². The zero-order valence-electron chi connectivity index (χ0n) is 13.0. The van der Waals surface area contributed by atoms with Crippen molar-refractivity contribution in [2.75, 3.05) is 13.6 Å². The highest BCUT2D eigenvalue weighted by Crippen LogP contribution is 2.37. The fourth-order valence-corrected chi connectivity index (χ4v) is 5.07. The Kier molecular flexibility index (Phi) is 5.92. The second-order valence-corrected chi connectivity index (χ2v) is 9.08. The molecular formula is C14H19F3N2O3S2. The summed E-state index contributed by atoms with van der Waals surface area (Å²) in [5, 5.41) is 4.14. The minimum absolute atomic E-state index is 0.0720. The summed E-state index contributed by atoms with van der Waals surface area (Å²) >= 11 is 1.04. The lowest BCUT2D eigenvalue weighted by Crippen LogP contribution is -2.45. The number of hydrogen-bond donors (Lipinski definition) is 1. The van der Waals surface area contributed by atoms with E-state index in [2.05, 4.69) is 5.32 Å². The number of nitrogens with zero attached hydrogens (tertiary/aromatic N) is 1. The van der Waals surface area contributed by atoms with Crippen molar-refractivity contribution < 1.29 is 26.4 Å². The molecular weight excluding hydrogens is 365 g/mol. The van der Waals surface area contributed by atoms with Gasteiger partial charge in [-0.2, -0.15) is 17.5 Å². The Labute approximate surface area is 142 Å². The van der Waals surface area contributed by atoms with Crippen LogP contribution in [-0.4, -0.2) is 44.4 Å². The lowest BCUT2D eigenvalue weighted by Gasteiger charge is -2.31. The Morgan fingerprint density at radius 2 is 2.12 bits per heavy atom.